The van der Waals surface area contributed by atoms with Crippen molar-refractivity contribution >= 4 is 0 Å². The second-order valence-corrected chi connectivity index (χ2v) is 3.80. The van der Waals surface area contributed by atoms with Gasteiger partial charge in [0.25, 0.3) is 0 Å². The Balaban J connectivity index is 2.38. The zero-order valence-corrected chi connectivity index (χ0v) is 7.83. The molecule has 1 aromatic rings. The van der Waals surface area contributed by atoms with E-state index in [1.165, 1.54) is 5.56 Å². The Morgan fingerprint density at radius 1 is 1.46 bits per heavy atom. The van der Waals surface area contributed by atoms with Crippen LogP contribution in [-0.4, -0.2) is 5.11 Å². The van der Waals surface area contributed by atoms with Crippen LogP contribution in [0.2, 0.25) is 0 Å². The molecular formula is C12H14O. The number of benzene rings is 1. The zero-order valence-electron chi connectivity index (χ0n) is 7.83. The number of hydrogen-bond donors (Lipinski definition) is 1. The van der Waals surface area contributed by atoms with Gasteiger partial charge in [-0.1, -0.05) is 36.4 Å². The van der Waals surface area contributed by atoms with Gasteiger partial charge in [0.1, 0.15) is 0 Å². The van der Waals surface area contributed by atoms with Gasteiger partial charge >= 0.3 is 0 Å². The minimum atomic E-state index is -0.339. The molecule has 2 rings (SSSR count). The summed E-state index contributed by atoms with van der Waals surface area (Å²) in [6, 6.07) is 8.08. The predicted molar refractivity (Wildman–Crippen MR) is 53.4 cm³/mol. The summed E-state index contributed by atoms with van der Waals surface area (Å²) in [4.78, 5) is 0. The maximum absolute atomic E-state index is 9.95. The van der Waals surface area contributed by atoms with Crippen molar-refractivity contribution in [1.82, 2.24) is 0 Å². The van der Waals surface area contributed by atoms with Gasteiger partial charge in [-0.2, -0.15) is 0 Å². The van der Waals surface area contributed by atoms with E-state index >= 15 is 0 Å². The molecule has 0 aliphatic heterocycles. The molecule has 1 aliphatic carbocycles. The lowest BCUT2D eigenvalue weighted by atomic mass is 9.96. The second-order valence-electron chi connectivity index (χ2n) is 3.80. The monoisotopic (exact) mass is 174 g/mol. The largest absolute Gasteiger partial charge is 0.388 e. The molecule has 1 aliphatic rings. The second kappa shape index (κ2) is 3.00. The highest BCUT2D eigenvalue weighted by Crippen LogP contribution is 2.38. The van der Waals surface area contributed by atoms with Crippen LogP contribution in [0.5, 0.6) is 0 Å². The van der Waals surface area contributed by atoms with Crippen molar-refractivity contribution in [3.05, 3.63) is 47.5 Å². The van der Waals surface area contributed by atoms with Gasteiger partial charge < -0.3 is 5.11 Å². The lowest BCUT2D eigenvalue weighted by molar-refractivity contribution is 0.141. The summed E-state index contributed by atoms with van der Waals surface area (Å²) in [6.07, 6.45) is 0.598. The standard InChI is InChI=1S/C12H14O/c1-8(2)11-7-9-5-3-4-6-10(9)12(11)13/h3-6,11-13H,1,7H2,2H3/t11-,12+/m1/s1. The van der Waals surface area contributed by atoms with Crippen LogP contribution in [0, 0.1) is 5.92 Å². The quantitative estimate of drug-likeness (QED) is 0.648. The third-order valence-corrected chi connectivity index (χ3v) is 2.83. The smallest absolute Gasteiger partial charge is 0.0860 e. The molecule has 0 spiro atoms. The van der Waals surface area contributed by atoms with Crippen molar-refractivity contribution < 1.29 is 5.11 Å². The summed E-state index contributed by atoms with van der Waals surface area (Å²) in [7, 11) is 0. The Morgan fingerprint density at radius 2 is 2.15 bits per heavy atom. The first kappa shape index (κ1) is 8.52. The zero-order chi connectivity index (χ0) is 9.42. The average molecular weight is 174 g/mol. The van der Waals surface area contributed by atoms with Gasteiger partial charge in [0.2, 0.25) is 0 Å². The van der Waals surface area contributed by atoms with Gasteiger partial charge in [-0.25, -0.2) is 0 Å². The molecule has 1 heteroatoms. The van der Waals surface area contributed by atoms with Gasteiger partial charge in [0.15, 0.2) is 0 Å². The molecule has 0 bridgehead atoms. The van der Waals surface area contributed by atoms with E-state index in [1.807, 2.05) is 25.1 Å². The lowest BCUT2D eigenvalue weighted by Crippen LogP contribution is -2.07. The van der Waals surface area contributed by atoms with Crippen LogP contribution in [-0.2, 0) is 6.42 Å². The Labute approximate surface area is 78.7 Å². The van der Waals surface area contributed by atoms with Gasteiger partial charge in [0, 0.05) is 5.92 Å². The maximum Gasteiger partial charge on any atom is 0.0860 e. The normalized spacial score (nSPS) is 25.7. The molecule has 2 atom stereocenters. The van der Waals surface area contributed by atoms with E-state index in [4.69, 9.17) is 0 Å². The summed E-state index contributed by atoms with van der Waals surface area (Å²) < 4.78 is 0. The number of aliphatic hydroxyl groups excluding tert-OH is 1. The van der Waals surface area contributed by atoms with Crippen LogP contribution in [0.3, 0.4) is 0 Å². The van der Waals surface area contributed by atoms with Crippen LogP contribution in [0.15, 0.2) is 36.4 Å². The topological polar surface area (TPSA) is 20.2 Å². The highest BCUT2D eigenvalue weighted by Gasteiger charge is 2.30. The molecule has 0 heterocycles. The number of aliphatic hydroxyl groups is 1. The van der Waals surface area contributed by atoms with E-state index in [-0.39, 0.29) is 12.0 Å². The van der Waals surface area contributed by atoms with Crippen LogP contribution in [0.1, 0.15) is 24.2 Å². The summed E-state index contributed by atoms with van der Waals surface area (Å²) in [5.74, 6) is 0.220. The fraction of sp³-hybridized carbons (Fsp3) is 0.333. The van der Waals surface area contributed by atoms with E-state index in [0.717, 1.165) is 17.6 Å². The molecule has 1 aromatic carbocycles. The maximum atomic E-state index is 9.95. The first-order valence-electron chi connectivity index (χ1n) is 4.61. The van der Waals surface area contributed by atoms with Crippen molar-refractivity contribution in [3.8, 4) is 0 Å². The molecule has 0 saturated carbocycles. The minimum Gasteiger partial charge on any atom is -0.388 e. The average Bonchev–Trinajstić information content (AvgIpc) is 2.45. The van der Waals surface area contributed by atoms with E-state index < -0.39 is 0 Å². The van der Waals surface area contributed by atoms with Crippen LogP contribution >= 0.6 is 0 Å². The minimum absolute atomic E-state index is 0.220. The number of fused-ring (bicyclic) bond motifs is 1. The summed E-state index contributed by atoms with van der Waals surface area (Å²) in [5, 5.41) is 9.95. The Bertz CT molecular complexity index is 341. The lowest BCUT2D eigenvalue weighted by Gasteiger charge is -2.14. The molecule has 0 fully saturated rings. The fourth-order valence-electron chi connectivity index (χ4n) is 2.02. The molecular weight excluding hydrogens is 160 g/mol. The van der Waals surface area contributed by atoms with Crippen molar-refractivity contribution in [3.63, 3.8) is 0 Å². The summed E-state index contributed by atoms with van der Waals surface area (Å²) >= 11 is 0. The summed E-state index contributed by atoms with van der Waals surface area (Å²) in [6.45, 7) is 5.90. The Morgan fingerprint density at radius 3 is 2.77 bits per heavy atom. The molecule has 13 heavy (non-hydrogen) atoms. The highest BCUT2D eigenvalue weighted by molar-refractivity contribution is 5.36. The predicted octanol–water partition coefficient (Wildman–Crippen LogP) is 2.47. The SMILES string of the molecule is C=C(C)[C@H]1Cc2ccccc2[C@@H]1O. The molecule has 68 valence electrons. The number of rotatable bonds is 1. The van der Waals surface area contributed by atoms with E-state index in [0.29, 0.717) is 0 Å². The van der Waals surface area contributed by atoms with Crippen molar-refractivity contribution in [2.45, 2.75) is 19.4 Å². The van der Waals surface area contributed by atoms with Gasteiger partial charge in [-0.15, -0.1) is 0 Å². The van der Waals surface area contributed by atoms with Crippen molar-refractivity contribution in [1.29, 1.82) is 0 Å². The van der Waals surface area contributed by atoms with Gasteiger partial charge in [0.05, 0.1) is 6.10 Å². The highest BCUT2D eigenvalue weighted by atomic mass is 16.3. The first-order valence-corrected chi connectivity index (χ1v) is 4.61. The summed E-state index contributed by atoms with van der Waals surface area (Å²) in [5.41, 5.74) is 3.42. The molecule has 0 saturated heterocycles. The van der Waals surface area contributed by atoms with Crippen LogP contribution < -0.4 is 0 Å². The van der Waals surface area contributed by atoms with Crippen LogP contribution in [0.25, 0.3) is 0 Å². The van der Waals surface area contributed by atoms with E-state index in [2.05, 4.69) is 12.6 Å². The van der Waals surface area contributed by atoms with E-state index in [1.54, 1.807) is 0 Å². The van der Waals surface area contributed by atoms with E-state index in [9.17, 15) is 5.11 Å². The molecule has 0 amide bonds. The molecule has 0 unspecified atom stereocenters. The van der Waals surface area contributed by atoms with Gasteiger partial charge in [-0.05, 0) is 24.5 Å². The van der Waals surface area contributed by atoms with Crippen molar-refractivity contribution in [2.75, 3.05) is 0 Å². The molecule has 1 nitrogen and oxygen atoms in total. The first-order chi connectivity index (χ1) is 6.20. The van der Waals surface area contributed by atoms with Crippen LogP contribution in [0.4, 0.5) is 0 Å². The molecule has 1 N–H and O–H groups in total. The third-order valence-electron chi connectivity index (χ3n) is 2.83. The van der Waals surface area contributed by atoms with Gasteiger partial charge in [-0.3, -0.25) is 0 Å². The molecule has 0 radical (unpaired) electrons. The molecule has 0 aromatic heterocycles. The number of hydrogen-bond acceptors (Lipinski definition) is 1. The third kappa shape index (κ3) is 1.29. The Kier molecular flexibility index (Phi) is 1.97. The van der Waals surface area contributed by atoms with Crippen molar-refractivity contribution in [2.24, 2.45) is 5.92 Å². The Hall–Kier alpha value is -1.08. The fourth-order valence-corrected chi connectivity index (χ4v) is 2.02.